The second-order valence-corrected chi connectivity index (χ2v) is 7.06. The largest absolute Gasteiger partial charge is 0.464 e. The highest BCUT2D eigenvalue weighted by Gasteiger charge is 2.16. The van der Waals surface area contributed by atoms with Crippen LogP contribution in [0.15, 0.2) is 53.1 Å². The average Bonchev–Trinajstić information content (AvgIpc) is 2.98. The highest BCUT2D eigenvalue weighted by molar-refractivity contribution is 5.88. The SMILES string of the molecule is Cc1cc2occ(CC(=O)NCC(c3ccccc3)N(C)C)c2cc1C. The first-order valence-electron chi connectivity index (χ1n) is 8.91. The lowest BCUT2D eigenvalue weighted by molar-refractivity contribution is -0.120. The number of carbonyl (C=O) groups is 1. The van der Waals surface area contributed by atoms with Gasteiger partial charge in [-0.1, -0.05) is 30.3 Å². The summed E-state index contributed by atoms with van der Waals surface area (Å²) in [6.07, 6.45) is 2.02. The molecule has 0 aliphatic carbocycles. The van der Waals surface area contributed by atoms with Crippen LogP contribution < -0.4 is 5.32 Å². The third kappa shape index (κ3) is 3.97. The lowest BCUT2D eigenvalue weighted by atomic mass is 10.0. The fraction of sp³-hybridized carbons (Fsp3) is 0.318. The summed E-state index contributed by atoms with van der Waals surface area (Å²) in [6.45, 7) is 4.71. The molecule has 136 valence electrons. The van der Waals surface area contributed by atoms with Gasteiger partial charge in [0, 0.05) is 17.5 Å². The number of furan rings is 1. The van der Waals surface area contributed by atoms with Gasteiger partial charge in [0.15, 0.2) is 0 Å². The third-order valence-corrected chi connectivity index (χ3v) is 4.92. The van der Waals surface area contributed by atoms with Crippen LogP contribution in [0.3, 0.4) is 0 Å². The van der Waals surface area contributed by atoms with Crippen LogP contribution in [0, 0.1) is 13.8 Å². The fourth-order valence-corrected chi connectivity index (χ4v) is 3.19. The predicted molar refractivity (Wildman–Crippen MR) is 105 cm³/mol. The van der Waals surface area contributed by atoms with E-state index in [9.17, 15) is 4.79 Å². The van der Waals surface area contributed by atoms with E-state index in [1.54, 1.807) is 6.26 Å². The molecule has 3 aromatic rings. The van der Waals surface area contributed by atoms with Gasteiger partial charge in [-0.25, -0.2) is 0 Å². The Morgan fingerprint density at radius 3 is 2.50 bits per heavy atom. The number of hydrogen-bond donors (Lipinski definition) is 1. The second kappa shape index (κ2) is 7.75. The van der Waals surface area contributed by atoms with Crippen LogP contribution in [0.1, 0.15) is 28.3 Å². The van der Waals surface area contributed by atoms with E-state index >= 15 is 0 Å². The van der Waals surface area contributed by atoms with Gasteiger partial charge in [0.05, 0.1) is 18.7 Å². The molecule has 0 saturated heterocycles. The number of amides is 1. The fourth-order valence-electron chi connectivity index (χ4n) is 3.19. The van der Waals surface area contributed by atoms with Gasteiger partial charge in [0.2, 0.25) is 5.91 Å². The maximum Gasteiger partial charge on any atom is 0.224 e. The first-order valence-corrected chi connectivity index (χ1v) is 8.91. The molecule has 1 atom stereocenters. The van der Waals surface area contributed by atoms with Gasteiger partial charge >= 0.3 is 0 Å². The Bertz CT molecular complexity index is 897. The van der Waals surface area contributed by atoms with E-state index < -0.39 is 0 Å². The predicted octanol–water partition coefficient (Wildman–Crippen LogP) is 4.01. The summed E-state index contributed by atoms with van der Waals surface area (Å²) in [5, 5.41) is 4.09. The molecule has 26 heavy (non-hydrogen) atoms. The highest BCUT2D eigenvalue weighted by Crippen LogP contribution is 2.25. The first kappa shape index (κ1) is 18.2. The molecule has 1 unspecified atom stereocenters. The van der Waals surface area contributed by atoms with Gasteiger partial charge in [0.1, 0.15) is 5.58 Å². The van der Waals surface area contributed by atoms with Crippen molar-refractivity contribution < 1.29 is 9.21 Å². The van der Waals surface area contributed by atoms with Crippen LogP contribution in [0.2, 0.25) is 0 Å². The Morgan fingerprint density at radius 2 is 1.81 bits per heavy atom. The summed E-state index contributed by atoms with van der Waals surface area (Å²) in [4.78, 5) is 14.6. The molecular weight excluding hydrogens is 324 g/mol. The number of carbonyl (C=O) groups excluding carboxylic acids is 1. The van der Waals surface area contributed by atoms with Crippen molar-refractivity contribution >= 4 is 16.9 Å². The minimum absolute atomic E-state index is 0.00806. The molecule has 1 amide bonds. The molecular formula is C22H26N2O2. The minimum atomic E-state index is 0.00806. The van der Waals surface area contributed by atoms with E-state index in [1.807, 2.05) is 38.4 Å². The Labute approximate surface area is 154 Å². The normalized spacial score (nSPS) is 12.5. The zero-order valence-electron chi connectivity index (χ0n) is 15.9. The summed E-state index contributed by atoms with van der Waals surface area (Å²) in [6, 6.07) is 14.5. The summed E-state index contributed by atoms with van der Waals surface area (Å²) in [5.41, 5.74) is 5.36. The Kier molecular flexibility index (Phi) is 5.43. The maximum atomic E-state index is 12.5. The van der Waals surface area contributed by atoms with Gasteiger partial charge in [0.25, 0.3) is 0 Å². The van der Waals surface area contributed by atoms with Crippen molar-refractivity contribution in [1.82, 2.24) is 10.2 Å². The van der Waals surface area contributed by atoms with Crippen LogP contribution in [0.25, 0.3) is 11.0 Å². The van der Waals surface area contributed by atoms with E-state index in [0.717, 1.165) is 16.5 Å². The first-order chi connectivity index (χ1) is 12.5. The molecule has 0 aliphatic rings. The Hall–Kier alpha value is -2.59. The Morgan fingerprint density at radius 1 is 1.12 bits per heavy atom. The van der Waals surface area contributed by atoms with Gasteiger partial charge in [-0.2, -0.15) is 0 Å². The molecule has 0 fully saturated rings. The number of likely N-dealkylation sites (N-methyl/N-ethyl adjacent to an activating group) is 1. The van der Waals surface area contributed by atoms with Crippen LogP contribution in [0.4, 0.5) is 0 Å². The molecule has 1 aromatic heterocycles. The molecule has 1 N–H and O–H groups in total. The van der Waals surface area contributed by atoms with Crippen LogP contribution in [-0.2, 0) is 11.2 Å². The van der Waals surface area contributed by atoms with Crippen molar-refractivity contribution in [1.29, 1.82) is 0 Å². The lowest BCUT2D eigenvalue weighted by Crippen LogP contribution is -2.35. The van der Waals surface area contributed by atoms with E-state index in [1.165, 1.54) is 16.7 Å². The minimum Gasteiger partial charge on any atom is -0.464 e. The van der Waals surface area contributed by atoms with Gasteiger partial charge in [-0.05, 0) is 56.8 Å². The van der Waals surface area contributed by atoms with Gasteiger partial charge in [-0.3, -0.25) is 4.79 Å². The molecule has 3 rings (SSSR count). The van der Waals surface area contributed by atoms with E-state index in [-0.39, 0.29) is 11.9 Å². The van der Waals surface area contributed by atoms with Crippen LogP contribution >= 0.6 is 0 Å². The lowest BCUT2D eigenvalue weighted by Gasteiger charge is -2.25. The Balaban J connectivity index is 1.68. The molecule has 1 heterocycles. The van der Waals surface area contributed by atoms with E-state index in [4.69, 9.17) is 4.42 Å². The highest BCUT2D eigenvalue weighted by atomic mass is 16.3. The van der Waals surface area contributed by atoms with Crippen molar-refractivity contribution in [2.24, 2.45) is 0 Å². The zero-order valence-corrected chi connectivity index (χ0v) is 15.9. The molecule has 2 aromatic carbocycles. The molecule has 0 radical (unpaired) electrons. The van der Waals surface area contributed by atoms with E-state index in [0.29, 0.717) is 13.0 Å². The standard InChI is InChI=1S/C22H26N2O2/c1-15-10-19-18(14-26-21(19)11-16(15)2)12-22(25)23-13-20(24(3)4)17-8-6-5-7-9-17/h5-11,14,20H,12-13H2,1-4H3,(H,23,25). The average molecular weight is 350 g/mol. The number of benzene rings is 2. The molecule has 0 bridgehead atoms. The van der Waals surface area contributed by atoms with Crippen molar-refractivity contribution in [3.63, 3.8) is 0 Å². The number of aryl methyl sites for hydroxylation is 2. The summed E-state index contributed by atoms with van der Waals surface area (Å²) in [5.74, 6) is 0.00806. The van der Waals surface area contributed by atoms with Crippen LogP contribution in [-0.4, -0.2) is 31.4 Å². The molecule has 4 nitrogen and oxygen atoms in total. The summed E-state index contributed by atoms with van der Waals surface area (Å²) in [7, 11) is 4.05. The quantitative estimate of drug-likeness (QED) is 0.730. The number of rotatable bonds is 6. The topological polar surface area (TPSA) is 45.5 Å². The van der Waals surface area contributed by atoms with Gasteiger partial charge < -0.3 is 14.6 Å². The zero-order chi connectivity index (χ0) is 18.7. The summed E-state index contributed by atoms with van der Waals surface area (Å²) < 4.78 is 5.63. The molecule has 4 heteroatoms. The smallest absolute Gasteiger partial charge is 0.224 e. The monoisotopic (exact) mass is 350 g/mol. The van der Waals surface area contributed by atoms with E-state index in [2.05, 4.69) is 42.3 Å². The number of nitrogens with zero attached hydrogens (tertiary/aromatic N) is 1. The second-order valence-electron chi connectivity index (χ2n) is 7.06. The molecule has 0 saturated carbocycles. The van der Waals surface area contributed by atoms with Crippen molar-refractivity contribution in [2.45, 2.75) is 26.3 Å². The summed E-state index contributed by atoms with van der Waals surface area (Å²) >= 11 is 0. The maximum absolute atomic E-state index is 12.5. The van der Waals surface area contributed by atoms with Crippen molar-refractivity contribution in [2.75, 3.05) is 20.6 Å². The number of fused-ring (bicyclic) bond motifs is 1. The van der Waals surface area contributed by atoms with Crippen molar-refractivity contribution in [3.05, 3.63) is 71.0 Å². The number of nitrogens with one attached hydrogen (secondary N) is 1. The molecule has 0 spiro atoms. The van der Waals surface area contributed by atoms with Gasteiger partial charge in [-0.15, -0.1) is 0 Å². The number of hydrogen-bond acceptors (Lipinski definition) is 3. The third-order valence-electron chi connectivity index (χ3n) is 4.92. The van der Waals surface area contributed by atoms with Crippen LogP contribution in [0.5, 0.6) is 0 Å². The van der Waals surface area contributed by atoms with Crippen molar-refractivity contribution in [3.8, 4) is 0 Å². The molecule has 0 aliphatic heterocycles.